The van der Waals surface area contributed by atoms with E-state index in [1.165, 1.54) is 12.1 Å². The number of aryl methyl sites for hydroxylation is 1. The smallest absolute Gasteiger partial charge is 0.225 e. The van der Waals surface area contributed by atoms with Crippen LogP contribution in [0.1, 0.15) is 25.5 Å². The van der Waals surface area contributed by atoms with E-state index in [1.807, 2.05) is 25.8 Å². The molecule has 2 aromatic rings. The Labute approximate surface area is 161 Å². The number of ether oxygens (including phenoxy) is 1. The SMILES string of the molecule is Cc1nc(NC2CC(Oc3ccc(F)cc3F)C2)nc2c1NC(O)[C@H](C)N2C. The minimum absolute atomic E-state index is 0.0611. The van der Waals surface area contributed by atoms with E-state index in [4.69, 9.17) is 4.74 Å². The van der Waals surface area contributed by atoms with Gasteiger partial charge in [0.1, 0.15) is 23.8 Å². The number of anilines is 3. The van der Waals surface area contributed by atoms with Gasteiger partial charge < -0.3 is 25.4 Å². The lowest BCUT2D eigenvalue weighted by atomic mass is 9.89. The van der Waals surface area contributed by atoms with Gasteiger partial charge in [0.05, 0.1) is 11.7 Å². The van der Waals surface area contributed by atoms with Crippen molar-refractivity contribution in [3.63, 3.8) is 0 Å². The summed E-state index contributed by atoms with van der Waals surface area (Å²) in [7, 11) is 1.88. The number of likely N-dealkylation sites (N-methyl/N-ethyl adjacent to an activating group) is 1. The molecule has 0 amide bonds. The van der Waals surface area contributed by atoms with Gasteiger partial charge in [-0.2, -0.15) is 4.98 Å². The van der Waals surface area contributed by atoms with E-state index in [2.05, 4.69) is 20.6 Å². The quantitative estimate of drug-likeness (QED) is 0.739. The standard InChI is InChI=1S/C19H23F2N5O2/c1-9-16-17(26(3)10(2)18(27)24-16)25-19(22-9)23-12-7-13(8-12)28-15-5-4-11(20)6-14(15)21/h4-6,10,12-13,18,24,27H,7-8H2,1-3H3,(H,22,23,25)/t10-,12?,13?,18?/m0/s1. The Kier molecular flexibility index (Phi) is 4.70. The fraction of sp³-hybridized carbons (Fsp3) is 0.474. The molecule has 1 saturated carbocycles. The van der Waals surface area contributed by atoms with Crippen molar-refractivity contribution >= 4 is 17.5 Å². The monoisotopic (exact) mass is 391 g/mol. The molecule has 150 valence electrons. The summed E-state index contributed by atoms with van der Waals surface area (Å²) >= 11 is 0. The zero-order valence-corrected chi connectivity index (χ0v) is 15.9. The predicted octanol–water partition coefficient (Wildman–Crippen LogP) is 2.65. The summed E-state index contributed by atoms with van der Waals surface area (Å²) in [4.78, 5) is 11.0. The van der Waals surface area contributed by atoms with Crippen LogP contribution in [-0.4, -0.2) is 46.5 Å². The first kappa shape index (κ1) is 18.7. The molecule has 1 aliphatic heterocycles. The summed E-state index contributed by atoms with van der Waals surface area (Å²) in [5.41, 5.74) is 1.46. The predicted molar refractivity (Wildman–Crippen MR) is 102 cm³/mol. The summed E-state index contributed by atoms with van der Waals surface area (Å²) in [5.74, 6) is -0.0275. The minimum Gasteiger partial charge on any atom is -0.487 e. The number of hydrogen-bond acceptors (Lipinski definition) is 7. The second-order valence-electron chi connectivity index (χ2n) is 7.40. The Bertz CT molecular complexity index is 891. The van der Waals surface area contributed by atoms with Crippen LogP contribution in [0.3, 0.4) is 0 Å². The molecular weight excluding hydrogens is 368 g/mol. The van der Waals surface area contributed by atoms with Gasteiger partial charge in [-0.05, 0) is 26.0 Å². The summed E-state index contributed by atoms with van der Waals surface area (Å²) in [6, 6.07) is 3.28. The number of benzene rings is 1. The first-order valence-electron chi connectivity index (χ1n) is 9.26. The van der Waals surface area contributed by atoms with E-state index >= 15 is 0 Å². The molecule has 0 radical (unpaired) electrons. The van der Waals surface area contributed by atoms with Crippen LogP contribution in [0.25, 0.3) is 0 Å². The highest BCUT2D eigenvalue weighted by atomic mass is 19.1. The van der Waals surface area contributed by atoms with Crippen LogP contribution in [-0.2, 0) is 0 Å². The summed E-state index contributed by atoms with van der Waals surface area (Å²) in [6.45, 7) is 3.77. The molecule has 2 aliphatic rings. The van der Waals surface area contributed by atoms with E-state index in [0.29, 0.717) is 18.8 Å². The van der Waals surface area contributed by atoms with Crippen molar-refractivity contribution in [3.8, 4) is 5.75 Å². The van der Waals surface area contributed by atoms with Crippen molar-refractivity contribution in [1.82, 2.24) is 9.97 Å². The van der Waals surface area contributed by atoms with E-state index in [9.17, 15) is 13.9 Å². The Morgan fingerprint density at radius 3 is 2.75 bits per heavy atom. The number of halogens is 2. The summed E-state index contributed by atoms with van der Waals surface area (Å²) < 4.78 is 32.2. The normalized spacial score (nSPS) is 26.1. The van der Waals surface area contributed by atoms with Gasteiger partial charge in [-0.1, -0.05) is 0 Å². The number of aromatic nitrogens is 2. The summed E-state index contributed by atoms with van der Waals surface area (Å²) in [5, 5.41) is 16.4. The number of fused-ring (bicyclic) bond motifs is 1. The van der Waals surface area contributed by atoms with Crippen LogP contribution >= 0.6 is 0 Å². The van der Waals surface area contributed by atoms with Gasteiger partial charge in [-0.15, -0.1) is 0 Å². The van der Waals surface area contributed by atoms with E-state index in [0.717, 1.165) is 23.3 Å². The van der Waals surface area contributed by atoms with Gasteiger partial charge in [0.2, 0.25) is 5.95 Å². The molecular formula is C19H23F2N5O2. The van der Waals surface area contributed by atoms with Crippen molar-refractivity contribution in [2.45, 2.75) is 51.1 Å². The number of hydrogen-bond donors (Lipinski definition) is 3. The molecule has 1 aromatic carbocycles. The highest BCUT2D eigenvalue weighted by Crippen LogP contribution is 2.35. The molecule has 0 saturated heterocycles. The lowest BCUT2D eigenvalue weighted by Crippen LogP contribution is -2.48. The van der Waals surface area contributed by atoms with Crippen LogP contribution in [0.15, 0.2) is 18.2 Å². The highest BCUT2D eigenvalue weighted by Gasteiger charge is 2.34. The Balaban J connectivity index is 1.39. The Morgan fingerprint density at radius 1 is 1.29 bits per heavy atom. The van der Waals surface area contributed by atoms with Gasteiger partial charge >= 0.3 is 0 Å². The molecule has 0 spiro atoms. The van der Waals surface area contributed by atoms with Crippen LogP contribution in [0.5, 0.6) is 5.75 Å². The molecule has 7 nitrogen and oxygen atoms in total. The second kappa shape index (κ2) is 7.05. The molecule has 0 bridgehead atoms. The van der Waals surface area contributed by atoms with Crippen LogP contribution in [0.4, 0.5) is 26.2 Å². The zero-order valence-electron chi connectivity index (χ0n) is 15.9. The number of nitrogens with one attached hydrogen (secondary N) is 2. The van der Waals surface area contributed by atoms with Crippen molar-refractivity contribution in [2.75, 3.05) is 22.6 Å². The number of nitrogens with zero attached hydrogens (tertiary/aromatic N) is 3. The second-order valence-corrected chi connectivity index (χ2v) is 7.40. The highest BCUT2D eigenvalue weighted by molar-refractivity contribution is 5.72. The van der Waals surface area contributed by atoms with Gasteiger partial charge in [0.15, 0.2) is 17.4 Å². The fourth-order valence-electron chi connectivity index (χ4n) is 3.43. The molecule has 1 fully saturated rings. The number of aliphatic hydroxyl groups is 1. The zero-order chi connectivity index (χ0) is 20.0. The Hall–Kier alpha value is -2.68. The van der Waals surface area contributed by atoms with Gasteiger partial charge in [-0.3, -0.25) is 0 Å². The molecule has 9 heteroatoms. The molecule has 2 heterocycles. The van der Waals surface area contributed by atoms with Crippen LogP contribution in [0, 0.1) is 18.6 Å². The van der Waals surface area contributed by atoms with Crippen molar-refractivity contribution in [3.05, 3.63) is 35.5 Å². The maximum atomic E-state index is 13.7. The van der Waals surface area contributed by atoms with E-state index in [-0.39, 0.29) is 23.9 Å². The summed E-state index contributed by atoms with van der Waals surface area (Å²) in [6.07, 6.45) is 0.504. The van der Waals surface area contributed by atoms with Crippen LogP contribution < -0.4 is 20.3 Å². The van der Waals surface area contributed by atoms with Crippen LogP contribution in [0.2, 0.25) is 0 Å². The van der Waals surface area contributed by atoms with E-state index in [1.54, 1.807) is 0 Å². The molecule has 1 aliphatic carbocycles. The fourth-order valence-corrected chi connectivity index (χ4v) is 3.43. The Morgan fingerprint density at radius 2 is 2.04 bits per heavy atom. The third kappa shape index (κ3) is 3.42. The topological polar surface area (TPSA) is 82.5 Å². The molecule has 3 N–H and O–H groups in total. The molecule has 4 rings (SSSR count). The minimum atomic E-state index is -0.697. The average Bonchev–Trinajstić information content (AvgIpc) is 2.61. The maximum Gasteiger partial charge on any atom is 0.225 e. The van der Waals surface area contributed by atoms with Crippen molar-refractivity contribution < 1.29 is 18.6 Å². The molecule has 2 atom stereocenters. The van der Waals surface area contributed by atoms with Crippen molar-refractivity contribution in [2.24, 2.45) is 0 Å². The first-order valence-corrected chi connectivity index (χ1v) is 9.26. The third-order valence-electron chi connectivity index (χ3n) is 5.38. The lowest BCUT2D eigenvalue weighted by Gasteiger charge is -2.39. The lowest BCUT2D eigenvalue weighted by molar-refractivity contribution is 0.103. The van der Waals surface area contributed by atoms with Gasteiger partial charge in [0.25, 0.3) is 0 Å². The van der Waals surface area contributed by atoms with Gasteiger partial charge in [-0.25, -0.2) is 13.8 Å². The molecule has 1 aromatic heterocycles. The molecule has 28 heavy (non-hydrogen) atoms. The molecule has 1 unspecified atom stereocenters. The largest absolute Gasteiger partial charge is 0.487 e. The van der Waals surface area contributed by atoms with Crippen molar-refractivity contribution in [1.29, 1.82) is 0 Å². The first-order chi connectivity index (χ1) is 13.3. The maximum absolute atomic E-state index is 13.7. The average molecular weight is 391 g/mol. The number of rotatable bonds is 4. The number of aliphatic hydroxyl groups excluding tert-OH is 1. The van der Waals surface area contributed by atoms with Gasteiger partial charge in [0, 0.05) is 32.0 Å². The third-order valence-corrected chi connectivity index (χ3v) is 5.38. The van der Waals surface area contributed by atoms with E-state index < -0.39 is 17.9 Å².